The van der Waals surface area contributed by atoms with Crippen LogP contribution in [-0.4, -0.2) is 65.2 Å². The van der Waals surface area contributed by atoms with E-state index in [1.807, 2.05) is 36.1 Å². The second kappa shape index (κ2) is 9.29. The van der Waals surface area contributed by atoms with E-state index < -0.39 is 0 Å². The third-order valence-electron chi connectivity index (χ3n) is 6.68. The van der Waals surface area contributed by atoms with E-state index in [2.05, 4.69) is 72.8 Å². The van der Waals surface area contributed by atoms with Crippen LogP contribution in [0.3, 0.4) is 0 Å². The smallest absolute Gasteiger partial charge is 0.204 e. The minimum absolute atomic E-state index is 0.636. The van der Waals surface area contributed by atoms with Crippen LogP contribution in [0.5, 0.6) is 0 Å². The van der Waals surface area contributed by atoms with Crippen LogP contribution in [0.1, 0.15) is 5.56 Å². The Hall–Kier alpha value is -3.89. The van der Waals surface area contributed by atoms with Crippen LogP contribution in [0.25, 0.3) is 28.1 Å². The SMILES string of the molecule is Cc1ccc(-n2c(-c3ccccc3)nn(CN3CCN(c4ncnc5c4cnn5C)CC3)c2=S)cc1. The molecule has 1 fully saturated rings. The molecule has 0 saturated carbocycles. The van der Waals surface area contributed by atoms with Crippen molar-refractivity contribution < 1.29 is 0 Å². The van der Waals surface area contributed by atoms with Gasteiger partial charge in [0.15, 0.2) is 11.5 Å². The lowest BCUT2D eigenvalue weighted by Crippen LogP contribution is -2.47. The van der Waals surface area contributed by atoms with Gasteiger partial charge >= 0.3 is 0 Å². The summed E-state index contributed by atoms with van der Waals surface area (Å²) >= 11 is 5.95. The molecule has 9 nitrogen and oxygen atoms in total. The second-order valence-corrected chi connectivity index (χ2v) is 9.46. The summed E-state index contributed by atoms with van der Waals surface area (Å²) in [5, 5.41) is 10.3. The Bertz CT molecular complexity index is 1560. The fourth-order valence-corrected chi connectivity index (χ4v) is 4.98. The first-order chi connectivity index (χ1) is 17.6. The van der Waals surface area contributed by atoms with E-state index >= 15 is 0 Å². The van der Waals surface area contributed by atoms with Gasteiger partial charge in [0.25, 0.3) is 0 Å². The predicted molar refractivity (Wildman–Crippen MR) is 143 cm³/mol. The summed E-state index contributed by atoms with van der Waals surface area (Å²) in [5.74, 6) is 1.79. The molecule has 4 heterocycles. The van der Waals surface area contributed by atoms with E-state index in [4.69, 9.17) is 17.3 Å². The third-order valence-corrected chi connectivity index (χ3v) is 7.07. The van der Waals surface area contributed by atoms with E-state index in [-0.39, 0.29) is 0 Å². The van der Waals surface area contributed by atoms with Crippen molar-refractivity contribution in [1.82, 2.24) is 39.0 Å². The van der Waals surface area contributed by atoms with Crippen molar-refractivity contribution in [1.29, 1.82) is 0 Å². The maximum atomic E-state index is 5.95. The number of nitrogens with zero attached hydrogens (tertiary/aromatic N) is 9. The molecule has 1 saturated heterocycles. The number of anilines is 1. The lowest BCUT2D eigenvalue weighted by molar-refractivity contribution is 0.194. The van der Waals surface area contributed by atoms with Crippen LogP contribution < -0.4 is 4.90 Å². The largest absolute Gasteiger partial charge is 0.353 e. The second-order valence-electron chi connectivity index (χ2n) is 9.09. The average Bonchev–Trinajstić information content (AvgIpc) is 3.45. The van der Waals surface area contributed by atoms with E-state index in [0.29, 0.717) is 11.4 Å². The molecule has 5 aromatic rings. The van der Waals surface area contributed by atoms with E-state index in [1.54, 1.807) is 11.0 Å². The molecular weight excluding hydrogens is 470 g/mol. The van der Waals surface area contributed by atoms with E-state index in [1.165, 1.54) is 5.56 Å². The van der Waals surface area contributed by atoms with Gasteiger partial charge < -0.3 is 4.90 Å². The Morgan fingerprint density at radius 1 is 0.917 bits per heavy atom. The number of aromatic nitrogens is 7. The monoisotopic (exact) mass is 497 g/mol. The predicted octanol–water partition coefficient (Wildman–Crippen LogP) is 3.84. The molecule has 0 N–H and O–H groups in total. The molecule has 10 heteroatoms. The summed E-state index contributed by atoms with van der Waals surface area (Å²) in [6, 6.07) is 18.6. The van der Waals surface area contributed by atoms with Gasteiger partial charge in [0.1, 0.15) is 12.1 Å². The van der Waals surface area contributed by atoms with Crippen LogP contribution in [0.4, 0.5) is 5.82 Å². The zero-order chi connectivity index (χ0) is 24.6. The minimum atomic E-state index is 0.636. The van der Waals surface area contributed by atoms with Crippen LogP contribution >= 0.6 is 12.2 Å². The third kappa shape index (κ3) is 4.08. The first-order valence-electron chi connectivity index (χ1n) is 12.0. The number of hydrogen-bond acceptors (Lipinski definition) is 7. The fourth-order valence-electron chi connectivity index (χ4n) is 4.69. The van der Waals surface area contributed by atoms with Crippen molar-refractivity contribution in [2.45, 2.75) is 13.6 Å². The molecule has 1 aliphatic rings. The van der Waals surface area contributed by atoms with Gasteiger partial charge in [0.2, 0.25) is 4.77 Å². The highest BCUT2D eigenvalue weighted by molar-refractivity contribution is 7.71. The van der Waals surface area contributed by atoms with Gasteiger partial charge in [-0.1, -0.05) is 48.0 Å². The summed E-state index contributed by atoms with van der Waals surface area (Å²) in [4.78, 5) is 13.6. The van der Waals surface area contributed by atoms with Crippen LogP contribution in [0.15, 0.2) is 67.1 Å². The molecule has 0 atom stereocenters. The molecule has 3 aromatic heterocycles. The van der Waals surface area contributed by atoms with E-state index in [9.17, 15) is 0 Å². The van der Waals surface area contributed by atoms with Crippen molar-refractivity contribution >= 4 is 29.1 Å². The quantitative estimate of drug-likeness (QED) is 0.342. The Morgan fingerprint density at radius 3 is 2.42 bits per heavy atom. The standard InChI is InChI=1S/C26H27N9S/c1-19-8-10-21(11-9-19)35-23(20-6-4-3-5-7-20)30-34(26(35)36)18-32-12-14-33(15-13-32)25-22-16-29-31(2)24(22)27-17-28-25/h3-11,16-17H,12-15,18H2,1-2H3. The average molecular weight is 498 g/mol. The topological polar surface area (TPSA) is 72.8 Å². The Kier molecular flexibility index (Phi) is 5.82. The van der Waals surface area contributed by atoms with Gasteiger partial charge in [-0.15, -0.1) is 5.10 Å². The van der Waals surface area contributed by atoms with Crippen molar-refractivity contribution in [3.05, 3.63) is 77.5 Å². The molecule has 0 amide bonds. The Labute approximate surface area is 214 Å². The van der Waals surface area contributed by atoms with Gasteiger partial charge in [-0.05, 0) is 31.3 Å². The zero-order valence-corrected chi connectivity index (χ0v) is 21.1. The number of fused-ring (bicyclic) bond motifs is 1. The molecule has 0 aliphatic carbocycles. The Morgan fingerprint density at radius 2 is 1.67 bits per heavy atom. The van der Waals surface area contributed by atoms with Crippen LogP contribution in [0, 0.1) is 11.7 Å². The highest BCUT2D eigenvalue weighted by Crippen LogP contribution is 2.25. The number of rotatable bonds is 5. The number of aryl methyl sites for hydroxylation is 2. The summed E-state index contributed by atoms with van der Waals surface area (Å²) in [5.41, 5.74) is 4.12. The molecule has 0 radical (unpaired) electrons. The Balaban J connectivity index is 1.26. The van der Waals surface area contributed by atoms with Gasteiger partial charge in [0, 0.05) is 44.5 Å². The number of benzene rings is 2. The van der Waals surface area contributed by atoms with Gasteiger partial charge in [-0.3, -0.25) is 14.1 Å². The molecule has 2 aromatic carbocycles. The van der Waals surface area contributed by atoms with Gasteiger partial charge in [-0.2, -0.15) is 5.10 Å². The van der Waals surface area contributed by atoms with Crippen molar-refractivity contribution in [3.63, 3.8) is 0 Å². The number of hydrogen-bond donors (Lipinski definition) is 0. The lowest BCUT2D eigenvalue weighted by Gasteiger charge is -2.35. The van der Waals surface area contributed by atoms with Crippen LogP contribution in [-0.2, 0) is 13.7 Å². The molecule has 0 bridgehead atoms. The molecule has 1 aliphatic heterocycles. The first-order valence-corrected chi connectivity index (χ1v) is 12.4. The lowest BCUT2D eigenvalue weighted by atomic mass is 10.2. The number of piperazine rings is 1. The fraction of sp³-hybridized carbons (Fsp3) is 0.269. The first kappa shape index (κ1) is 22.6. The van der Waals surface area contributed by atoms with Crippen molar-refractivity contribution in [2.75, 3.05) is 31.1 Å². The maximum Gasteiger partial charge on any atom is 0.204 e. The molecule has 0 unspecified atom stereocenters. The molecule has 6 rings (SSSR count). The molecule has 36 heavy (non-hydrogen) atoms. The highest BCUT2D eigenvalue weighted by atomic mass is 32.1. The van der Waals surface area contributed by atoms with Gasteiger partial charge in [0.05, 0.1) is 18.3 Å². The molecular formula is C26H27N9S. The summed E-state index contributed by atoms with van der Waals surface area (Å²) < 4.78 is 6.48. The van der Waals surface area contributed by atoms with E-state index in [0.717, 1.165) is 60.1 Å². The summed E-state index contributed by atoms with van der Waals surface area (Å²) in [6.07, 6.45) is 3.47. The minimum Gasteiger partial charge on any atom is -0.353 e. The zero-order valence-electron chi connectivity index (χ0n) is 20.3. The molecule has 182 valence electrons. The maximum absolute atomic E-state index is 5.95. The summed E-state index contributed by atoms with van der Waals surface area (Å²) in [7, 11) is 1.90. The normalized spacial score (nSPS) is 14.6. The van der Waals surface area contributed by atoms with Crippen molar-refractivity contribution in [2.24, 2.45) is 7.05 Å². The van der Waals surface area contributed by atoms with Crippen molar-refractivity contribution in [3.8, 4) is 17.1 Å². The molecule has 0 spiro atoms. The van der Waals surface area contributed by atoms with Gasteiger partial charge in [-0.25, -0.2) is 14.6 Å². The van der Waals surface area contributed by atoms with Crippen LogP contribution in [0.2, 0.25) is 0 Å². The highest BCUT2D eigenvalue weighted by Gasteiger charge is 2.23. The summed E-state index contributed by atoms with van der Waals surface area (Å²) in [6.45, 7) is 6.21.